The van der Waals surface area contributed by atoms with Crippen molar-refractivity contribution in [3.05, 3.63) is 180 Å². The molecule has 3 unspecified atom stereocenters. The lowest BCUT2D eigenvalue weighted by atomic mass is 10.1. The van der Waals surface area contributed by atoms with Crippen molar-refractivity contribution in [2.75, 3.05) is 80.3 Å². The Morgan fingerprint density at radius 3 is 1.19 bits per heavy atom. The maximum absolute atomic E-state index is 13.1. The maximum atomic E-state index is 13.1. The van der Waals surface area contributed by atoms with Gasteiger partial charge in [0, 0.05) is 140 Å². The number of nitrogens with one attached hydrogen (secondary N) is 6. The number of hydrogen-bond acceptors (Lipinski definition) is 27. The molecule has 3 aliphatic rings. The minimum Gasteiger partial charge on any atom is -0.466 e. The fourth-order valence-corrected chi connectivity index (χ4v) is 11.6. The first-order valence-electron chi connectivity index (χ1n) is 36.5. The first kappa shape index (κ1) is 81.6. The van der Waals surface area contributed by atoms with Crippen LogP contribution in [-0.2, 0) is 48.2 Å². The van der Waals surface area contributed by atoms with Crippen LogP contribution in [0.4, 0.5) is 9.59 Å². The third kappa shape index (κ3) is 24.8. The molecule has 0 bridgehead atoms. The van der Waals surface area contributed by atoms with E-state index in [-0.39, 0.29) is 70.1 Å². The molecule has 6 aromatic heterocycles. The Balaban J connectivity index is 0.000000178. The lowest BCUT2D eigenvalue weighted by Crippen LogP contribution is -2.41. The van der Waals surface area contributed by atoms with E-state index in [1.807, 2.05) is 135 Å². The number of carbonyl (C=O) groups excluding carboxylic acids is 5. The predicted octanol–water partition coefficient (Wildman–Crippen LogP) is 7.88. The minimum absolute atomic E-state index is 0.0578. The van der Waals surface area contributed by atoms with Crippen molar-refractivity contribution < 1.29 is 66.6 Å². The molecule has 0 radical (unpaired) electrons. The van der Waals surface area contributed by atoms with Crippen LogP contribution in [0, 0.1) is 20.8 Å². The number of benzene rings is 3. The molecule has 3 atom stereocenters. The molecule has 3 aromatic carbocycles. The molecular formula is C77H98N20O14. The summed E-state index contributed by atoms with van der Waals surface area (Å²) in [4.78, 5) is 106. The van der Waals surface area contributed by atoms with E-state index in [2.05, 4.69) is 76.8 Å². The van der Waals surface area contributed by atoms with E-state index in [0.29, 0.717) is 105 Å². The van der Waals surface area contributed by atoms with E-state index < -0.39 is 35.5 Å². The number of esters is 1. The smallest absolute Gasteiger partial charge is 0.410 e. The first-order chi connectivity index (χ1) is 53.3. The molecule has 9 heterocycles. The lowest BCUT2D eigenvalue weighted by Gasteiger charge is -2.28. The van der Waals surface area contributed by atoms with Gasteiger partial charge < -0.3 is 84.3 Å². The van der Waals surface area contributed by atoms with Gasteiger partial charge in [-0.15, -0.1) is 0 Å². The highest BCUT2D eigenvalue weighted by atomic mass is 16.7. The minimum atomic E-state index is -0.660. The third-order valence-corrected chi connectivity index (χ3v) is 16.8. The Morgan fingerprint density at radius 1 is 0.468 bits per heavy atom. The molecule has 4 amide bonds. The first-order valence-corrected chi connectivity index (χ1v) is 36.5. The van der Waals surface area contributed by atoms with Crippen LogP contribution in [0.2, 0.25) is 0 Å². The van der Waals surface area contributed by atoms with Gasteiger partial charge in [-0.3, -0.25) is 28.1 Å². The van der Waals surface area contributed by atoms with E-state index in [1.165, 1.54) is 0 Å². The number of nitrogens with zero attached hydrogens (tertiary/aromatic N) is 14. The average Bonchev–Trinajstić information content (AvgIpc) is 1.85. The van der Waals surface area contributed by atoms with Crippen LogP contribution in [0.15, 0.2) is 129 Å². The number of rotatable bonds is 31. The van der Waals surface area contributed by atoms with Crippen molar-refractivity contribution >= 4 is 30.0 Å². The van der Waals surface area contributed by atoms with Gasteiger partial charge in [0.15, 0.2) is 34.5 Å². The third-order valence-electron chi connectivity index (χ3n) is 16.8. The number of carbonyl (C=O) groups is 5. The number of fused-ring (bicyclic) bond motifs is 3. The van der Waals surface area contributed by atoms with E-state index in [9.17, 15) is 24.0 Å². The SMILES string of the molecule is CCOC(=O)CC(NCCN(Cc1ccc2c(c1)OCO2)C(=O)OC(C)(C)C)c1cc(C)nc(-n2ccnc2)n1.CNC(=O)CC(NCCN(Cc1ccc2c(c1)OCO2)C(=O)OC(C)(C)C)c1cc(C)nc(-n2ccnc2)n1.CNC(=O)CC(NCCNCc1ccc2c(c1)OCO2)c1cc(C)nc(-n2ccnc2)n1. The van der Waals surface area contributed by atoms with Gasteiger partial charge in [0.25, 0.3) is 0 Å². The molecule has 12 rings (SSSR count). The quantitative estimate of drug-likeness (QED) is 0.0137. The molecule has 0 saturated carbocycles. The summed E-state index contributed by atoms with van der Waals surface area (Å²) in [6.07, 6.45) is 14.8. The number of imidazole rings is 3. The molecule has 0 fully saturated rings. The van der Waals surface area contributed by atoms with Gasteiger partial charge in [-0.05, 0) is 141 Å². The van der Waals surface area contributed by atoms with Crippen LogP contribution in [0.5, 0.6) is 34.5 Å². The summed E-state index contributed by atoms with van der Waals surface area (Å²) in [6, 6.07) is 21.5. The fraction of sp³-hybridized carbons (Fsp3) is 0.429. The molecule has 9 aromatic rings. The van der Waals surface area contributed by atoms with Crippen molar-refractivity contribution in [3.63, 3.8) is 0 Å². The molecule has 0 aliphatic carbocycles. The zero-order valence-corrected chi connectivity index (χ0v) is 64.6. The van der Waals surface area contributed by atoms with Crippen molar-refractivity contribution in [3.8, 4) is 52.3 Å². The van der Waals surface area contributed by atoms with E-state index >= 15 is 0 Å². The van der Waals surface area contributed by atoms with Gasteiger partial charge in [-0.1, -0.05) is 18.2 Å². The zero-order valence-electron chi connectivity index (χ0n) is 64.6. The fourth-order valence-electron chi connectivity index (χ4n) is 11.6. The van der Waals surface area contributed by atoms with Crippen LogP contribution < -0.4 is 60.3 Å². The Morgan fingerprint density at radius 2 is 0.829 bits per heavy atom. The van der Waals surface area contributed by atoms with E-state index in [0.717, 1.165) is 57.5 Å². The van der Waals surface area contributed by atoms with Gasteiger partial charge in [0.2, 0.25) is 50.0 Å². The van der Waals surface area contributed by atoms with Crippen molar-refractivity contribution in [1.29, 1.82) is 0 Å². The maximum Gasteiger partial charge on any atom is 0.410 e. The highest BCUT2D eigenvalue weighted by Gasteiger charge is 2.29. The highest BCUT2D eigenvalue weighted by molar-refractivity contribution is 5.77. The Bertz CT molecular complexity index is 4550. The van der Waals surface area contributed by atoms with Crippen molar-refractivity contribution in [1.82, 2.24) is 100 Å². The normalized spacial score (nSPS) is 13.2. The summed E-state index contributed by atoms with van der Waals surface area (Å²) in [6.45, 7) is 23.3. The summed E-state index contributed by atoms with van der Waals surface area (Å²) in [5.41, 5.74) is 5.93. The second kappa shape index (κ2) is 39.0. The molecular weight excluding hydrogens is 1430 g/mol. The van der Waals surface area contributed by atoms with Crippen molar-refractivity contribution in [2.45, 2.75) is 137 Å². The second-order valence-corrected chi connectivity index (χ2v) is 27.9. The summed E-state index contributed by atoms with van der Waals surface area (Å²) in [5, 5.41) is 19.0. The van der Waals surface area contributed by atoms with Crippen molar-refractivity contribution in [2.24, 2.45) is 0 Å². The molecule has 6 N–H and O–H groups in total. The van der Waals surface area contributed by atoms with Gasteiger partial charge >= 0.3 is 18.2 Å². The Kier molecular flexibility index (Phi) is 28.7. The molecule has 34 heteroatoms. The number of amides is 4. The van der Waals surface area contributed by atoms with Crippen LogP contribution >= 0.6 is 0 Å². The van der Waals surface area contributed by atoms with Crippen LogP contribution in [0.25, 0.3) is 17.8 Å². The molecule has 3 aliphatic heterocycles. The standard InChI is InChI=1S/C28H36N6O6.C27H35N7O5.C22H27N7O3/c1-6-37-25(35)15-21(22-13-19(2)31-26(32-22)34-11-9-29-17-34)30-10-12-33(27(36)40-28(3,4)5)16-20-7-8-23-24(14-20)39-18-38-23;1-18-12-21(32-25(31-18)34-10-8-29-16-34)20(14-24(35)28-5)30-9-11-33(26(36)39-27(2,3)4)15-19-6-7-22-23(13-19)38-17-37-22;1-15-9-18(28-22(27-15)29-8-7-25-13-29)17(11-21(30)23-2)26-6-5-24-12-16-3-4-19-20(10-16)32-14-31-19/h7-9,11,13-14,17,21,30H,6,10,12,15-16,18H2,1-5H3;6-8,10,12-13,16,20,30H,9,11,14-15,17H2,1-5H3,(H,28,35);3-4,7-10,13,17,24,26H,5-6,11-12,14H2,1-2H3,(H,23,30). The number of aryl methyl sites for hydroxylation is 3. The Labute approximate surface area is 644 Å². The van der Waals surface area contributed by atoms with Crippen LogP contribution in [0.1, 0.15) is 137 Å². The number of ether oxygens (including phenoxy) is 9. The van der Waals surface area contributed by atoms with Gasteiger partial charge in [-0.2, -0.15) is 0 Å². The molecule has 0 spiro atoms. The van der Waals surface area contributed by atoms with E-state index in [4.69, 9.17) is 42.6 Å². The van der Waals surface area contributed by atoms with Crippen LogP contribution in [-0.4, -0.2) is 190 Å². The van der Waals surface area contributed by atoms with Gasteiger partial charge in [-0.25, -0.2) is 54.4 Å². The zero-order chi connectivity index (χ0) is 79.0. The summed E-state index contributed by atoms with van der Waals surface area (Å²) in [5.74, 6) is 5.08. The molecule has 0 saturated heterocycles. The monoisotopic (exact) mass is 1530 g/mol. The summed E-state index contributed by atoms with van der Waals surface area (Å²) >= 11 is 0. The summed E-state index contributed by atoms with van der Waals surface area (Å²) in [7, 11) is 3.23. The average molecular weight is 1530 g/mol. The largest absolute Gasteiger partial charge is 0.466 e. The Hall–Kier alpha value is -11.9. The topological polar surface area (TPSA) is 378 Å². The lowest BCUT2D eigenvalue weighted by molar-refractivity contribution is -0.143. The van der Waals surface area contributed by atoms with Gasteiger partial charge in [0.05, 0.1) is 48.2 Å². The molecule has 111 heavy (non-hydrogen) atoms. The molecule has 34 nitrogen and oxygen atoms in total. The summed E-state index contributed by atoms with van der Waals surface area (Å²) < 4.78 is 54.3. The van der Waals surface area contributed by atoms with Crippen LogP contribution in [0.3, 0.4) is 0 Å². The number of hydrogen-bond donors (Lipinski definition) is 6. The predicted molar refractivity (Wildman–Crippen MR) is 405 cm³/mol. The highest BCUT2D eigenvalue weighted by Crippen LogP contribution is 2.36. The molecule has 590 valence electrons. The van der Waals surface area contributed by atoms with Gasteiger partial charge in [0.1, 0.15) is 30.2 Å². The van der Waals surface area contributed by atoms with E-state index in [1.54, 1.807) is 101 Å². The number of aromatic nitrogens is 12. The second-order valence-electron chi connectivity index (χ2n) is 27.9.